The van der Waals surface area contributed by atoms with Gasteiger partial charge in [-0.05, 0) is 56.5 Å². The van der Waals surface area contributed by atoms with Crippen molar-refractivity contribution in [2.75, 3.05) is 33.7 Å². The molecule has 1 N–H and O–H groups in total. The Hall–Kier alpha value is -0.570. The average molecular weight is 267 g/mol. The highest BCUT2D eigenvalue weighted by atomic mass is 35.5. The van der Waals surface area contributed by atoms with Gasteiger partial charge in [0.15, 0.2) is 0 Å². The first-order valence-corrected chi connectivity index (χ1v) is 7.09. The van der Waals surface area contributed by atoms with Crippen LogP contribution in [0.1, 0.15) is 18.4 Å². The van der Waals surface area contributed by atoms with E-state index in [4.69, 9.17) is 11.6 Å². The molecule has 2 nitrogen and oxygen atoms in total. The predicted molar refractivity (Wildman–Crippen MR) is 78.2 cm³/mol. The summed E-state index contributed by atoms with van der Waals surface area (Å²) in [5.41, 5.74) is 1.92. The van der Waals surface area contributed by atoms with Crippen LogP contribution in [-0.4, -0.2) is 38.6 Å². The van der Waals surface area contributed by atoms with Crippen LogP contribution in [0.2, 0.25) is 5.02 Å². The SMILES string of the molecule is CNCC1(CN(C)CCc2ccc(Cl)cc2)CC1. The first-order valence-electron chi connectivity index (χ1n) is 6.71. The van der Waals surface area contributed by atoms with Crippen molar-refractivity contribution in [1.82, 2.24) is 10.2 Å². The second-order valence-corrected chi connectivity index (χ2v) is 6.08. The van der Waals surface area contributed by atoms with E-state index in [1.54, 1.807) is 0 Å². The molecule has 0 unspecified atom stereocenters. The van der Waals surface area contributed by atoms with E-state index in [0.717, 1.165) is 24.5 Å². The molecule has 100 valence electrons. The monoisotopic (exact) mass is 266 g/mol. The Bertz CT molecular complexity index is 371. The summed E-state index contributed by atoms with van der Waals surface area (Å²) >= 11 is 5.89. The topological polar surface area (TPSA) is 15.3 Å². The van der Waals surface area contributed by atoms with Crippen molar-refractivity contribution < 1.29 is 0 Å². The Kier molecular flexibility index (Phi) is 4.66. The lowest BCUT2D eigenvalue weighted by Crippen LogP contribution is -2.33. The van der Waals surface area contributed by atoms with E-state index in [-0.39, 0.29) is 0 Å². The van der Waals surface area contributed by atoms with Gasteiger partial charge in [-0.15, -0.1) is 0 Å². The van der Waals surface area contributed by atoms with Crippen LogP contribution in [0, 0.1) is 5.41 Å². The third-order valence-corrected chi connectivity index (χ3v) is 4.06. The number of nitrogens with one attached hydrogen (secondary N) is 1. The molecule has 2 rings (SSSR count). The molecule has 1 aliphatic carbocycles. The molecule has 0 bridgehead atoms. The van der Waals surface area contributed by atoms with Gasteiger partial charge in [0.2, 0.25) is 0 Å². The number of benzene rings is 1. The summed E-state index contributed by atoms with van der Waals surface area (Å²) in [4.78, 5) is 2.46. The summed E-state index contributed by atoms with van der Waals surface area (Å²) < 4.78 is 0. The van der Waals surface area contributed by atoms with Gasteiger partial charge in [0.05, 0.1) is 0 Å². The van der Waals surface area contributed by atoms with Crippen LogP contribution < -0.4 is 5.32 Å². The van der Waals surface area contributed by atoms with Gasteiger partial charge in [0.25, 0.3) is 0 Å². The molecule has 18 heavy (non-hydrogen) atoms. The second kappa shape index (κ2) is 6.05. The number of hydrogen-bond donors (Lipinski definition) is 1. The number of nitrogens with zero attached hydrogens (tertiary/aromatic N) is 1. The molecule has 0 aromatic heterocycles. The summed E-state index contributed by atoms with van der Waals surface area (Å²) in [6.07, 6.45) is 3.85. The summed E-state index contributed by atoms with van der Waals surface area (Å²) in [5, 5.41) is 4.13. The van der Waals surface area contributed by atoms with Crippen LogP contribution in [0.4, 0.5) is 0 Å². The maximum Gasteiger partial charge on any atom is 0.0406 e. The van der Waals surface area contributed by atoms with E-state index >= 15 is 0 Å². The van der Waals surface area contributed by atoms with Crippen LogP contribution in [0.5, 0.6) is 0 Å². The molecule has 1 aromatic carbocycles. The molecule has 1 fully saturated rings. The molecule has 1 aliphatic rings. The van der Waals surface area contributed by atoms with E-state index in [0.29, 0.717) is 5.41 Å². The molecule has 0 atom stereocenters. The van der Waals surface area contributed by atoms with Gasteiger partial charge in [-0.2, -0.15) is 0 Å². The van der Waals surface area contributed by atoms with Crippen LogP contribution in [0.15, 0.2) is 24.3 Å². The summed E-state index contributed by atoms with van der Waals surface area (Å²) in [7, 11) is 4.28. The Morgan fingerprint density at radius 3 is 2.50 bits per heavy atom. The lowest BCUT2D eigenvalue weighted by atomic mass is 10.1. The van der Waals surface area contributed by atoms with Gasteiger partial charge in [-0.25, -0.2) is 0 Å². The standard InChI is InChI=1S/C15H23ClN2/c1-17-11-15(8-9-15)12-18(2)10-7-13-3-5-14(16)6-4-13/h3-6,17H,7-12H2,1-2H3. The lowest BCUT2D eigenvalue weighted by Gasteiger charge is -2.23. The van der Waals surface area contributed by atoms with Crippen molar-refractivity contribution >= 4 is 11.6 Å². The molecule has 0 spiro atoms. The molecule has 0 heterocycles. The van der Waals surface area contributed by atoms with E-state index < -0.39 is 0 Å². The minimum atomic E-state index is 0.559. The van der Waals surface area contributed by atoms with E-state index in [2.05, 4.69) is 29.4 Å². The summed E-state index contributed by atoms with van der Waals surface area (Å²) in [6, 6.07) is 8.19. The van der Waals surface area contributed by atoms with E-state index in [9.17, 15) is 0 Å². The quantitative estimate of drug-likeness (QED) is 0.817. The Balaban J connectivity index is 1.75. The Morgan fingerprint density at radius 1 is 1.28 bits per heavy atom. The third-order valence-electron chi connectivity index (χ3n) is 3.81. The van der Waals surface area contributed by atoms with E-state index in [1.165, 1.54) is 24.9 Å². The highest BCUT2D eigenvalue weighted by Gasteiger charge is 2.42. The second-order valence-electron chi connectivity index (χ2n) is 5.64. The first-order chi connectivity index (χ1) is 8.63. The van der Waals surface area contributed by atoms with Gasteiger partial charge < -0.3 is 10.2 Å². The third kappa shape index (κ3) is 3.98. The van der Waals surface area contributed by atoms with Crippen LogP contribution in [0.3, 0.4) is 0 Å². The van der Waals surface area contributed by atoms with Crippen molar-refractivity contribution in [2.24, 2.45) is 5.41 Å². The largest absolute Gasteiger partial charge is 0.319 e. The van der Waals surface area contributed by atoms with Crippen LogP contribution in [-0.2, 0) is 6.42 Å². The van der Waals surface area contributed by atoms with Gasteiger partial charge in [0.1, 0.15) is 0 Å². The molecule has 0 amide bonds. The Morgan fingerprint density at radius 2 is 1.94 bits per heavy atom. The van der Waals surface area contributed by atoms with Gasteiger partial charge in [-0.3, -0.25) is 0 Å². The van der Waals surface area contributed by atoms with Crippen LogP contribution >= 0.6 is 11.6 Å². The van der Waals surface area contributed by atoms with Crippen molar-refractivity contribution in [3.63, 3.8) is 0 Å². The zero-order chi connectivity index (χ0) is 13.0. The predicted octanol–water partition coefficient (Wildman–Crippen LogP) is 2.81. The molecular weight excluding hydrogens is 244 g/mol. The highest BCUT2D eigenvalue weighted by Crippen LogP contribution is 2.45. The highest BCUT2D eigenvalue weighted by molar-refractivity contribution is 6.30. The Labute approximate surface area is 115 Å². The molecule has 1 aromatic rings. The fraction of sp³-hybridized carbons (Fsp3) is 0.600. The van der Waals surface area contributed by atoms with Crippen molar-refractivity contribution in [3.8, 4) is 0 Å². The molecule has 3 heteroatoms. The zero-order valence-electron chi connectivity index (χ0n) is 11.4. The molecule has 0 saturated heterocycles. The molecule has 1 saturated carbocycles. The van der Waals surface area contributed by atoms with Crippen molar-refractivity contribution in [1.29, 1.82) is 0 Å². The van der Waals surface area contributed by atoms with Gasteiger partial charge in [0, 0.05) is 24.7 Å². The normalized spacial score (nSPS) is 17.1. The average Bonchev–Trinajstić information content (AvgIpc) is 3.08. The number of halogens is 1. The maximum absolute atomic E-state index is 5.89. The molecule has 0 aliphatic heterocycles. The van der Waals surface area contributed by atoms with Crippen LogP contribution in [0.25, 0.3) is 0 Å². The fourth-order valence-electron chi connectivity index (χ4n) is 2.57. The minimum absolute atomic E-state index is 0.559. The molecule has 0 radical (unpaired) electrons. The van der Waals surface area contributed by atoms with Crippen molar-refractivity contribution in [2.45, 2.75) is 19.3 Å². The van der Waals surface area contributed by atoms with Gasteiger partial charge >= 0.3 is 0 Å². The van der Waals surface area contributed by atoms with Gasteiger partial charge in [-0.1, -0.05) is 23.7 Å². The fourth-order valence-corrected chi connectivity index (χ4v) is 2.69. The molecular formula is C15H23ClN2. The summed E-state index contributed by atoms with van der Waals surface area (Å²) in [6.45, 7) is 3.48. The number of likely N-dealkylation sites (N-methyl/N-ethyl adjacent to an activating group) is 1. The lowest BCUT2D eigenvalue weighted by molar-refractivity contribution is 0.262. The van der Waals surface area contributed by atoms with E-state index in [1.807, 2.05) is 19.2 Å². The first kappa shape index (κ1) is 13.9. The minimum Gasteiger partial charge on any atom is -0.319 e. The maximum atomic E-state index is 5.89. The number of hydrogen-bond acceptors (Lipinski definition) is 2. The van der Waals surface area contributed by atoms with Crippen molar-refractivity contribution in [3.05, 3.63) is 34.9 Å². The summed E-state index contributed by atoms with van der Waals surface area (Å²) in [5.74, 6) is 0. The number of rotatable bonds is 7. The smallest absolute Gasteiger partial charge is 0.0406 e. The zero-order valence-corrected chi connectivity index (χ0v) is 12.1.